The summed E-state index contributed by atoms with van der Waals surface area (Å²) in [4.78, 5) is 28.5. The summed E-state index contributed by atoms with van der Waals surface area (Å²) < 4.78 is 4.52. The number of ether oxygens (including phenoxy) is 1. The molecular weight excluding hydrogens is 238 g/mol. The highest BCUT2D eigenvalue weighted by Gasteiger charge is 2.20. The van der Waals surface area contributed by atoms with Gasteiger partial charge in [0.05, 0.1) is 23.2 Å². The fourth-order valence-electron chi connectivity index (χ4n) is 1.54. The number of esters is 1. The van der Waals surface area contributed by atoms with E-state index in [1.165, 1.54) is 31.5 Å². The molecule has 0 spiro atoms. The SMILES string of the molecule is COC(=O)c1ccc(-c2ncc[nH]2)c([N+](=O)[O-])c1. The van der Waals surface area contributed by atoms with Crippen molar-refractivity contribution < 1.29 is 14.5 Å². The van der Waals surface area contributed by atoms with Gasteiger partial charge in [-0.2, -0.15) is 0 Å². The first-order chi connectivity index (χ1) is 8.63. The predicted molar refractivity (Wildman–Crippen MR) is 62.0 cm³/mol. The molecule has 0 aliphatic heterocycles. The van der Waals surface area contributed by atoms with Crippen molar-refractivity contribution in [3.63, 3.8) is 0 Å². The molecule has 0 amide bonds. The van der Waals surface area contributed by atoms with Crippen LogP contribution in [0.1, 0.15) is 10.4 Å². The fraction of sp³-hybridized carbons (Fsp3) is 0.0909. The van der Waals surface area contributed by atoms with Gasteiger partial charge >= 0.3 is 5.97 Å². The smallest absolute Gasteiger partial charge is 0.338 e. The highest BCUT2D eigenvalue weighted by Crippen LogP contribution is 2.28. The van der Waals surface area contributed by atoms with Gasteiger partial charge in [0, 0.05) is 18.5 Å². The minimum absolute atomic E-state index is 0.125. The van der Waals surface area contributed by atoms with Crippen LogP contribution in [0.2, 0.25) is 0 Å². The molecular formula is C11H9N3O4. The molecule has 0 saturated heterocycles. The molecule has 1 aromatic heterocycles. The molecule has 0 aliphatic rings. The molecule has 0 unspecified atom stereocenters. The summed E-state index contributed by atoms with van der Waals surface area (Å²) in [5, 5.41) is 11.0. The standard InChI is InChI=1S/C11H9N3O4/c1-18-11(15)7-2-3-8(9(6-7)14(16)17)10-12-4-5-13-10/h2-6H,1H3,(H,12,13). The van der Waals surface area contributed by atoms with Crippen LogP contribution in [-0.4, -0.2) is 28.0 Å². The summed E-state index contributed by atoms with van der Waals surface area (Å²) in [6.07, 6.45) is 3.06. The van der Waals surface area contributed by atoms with Gasteiger partial charge in [0.1, 0.15) is 5.82 Å². The van der Waals surface area contributed by atoms with Gasteiger partial charge in [-0.1, -0.05) is 0 Å². The monoisotopic (exact) mass is 247 g/mol. The molecule has 2 aromatic rings. The first-order valence-electron chi connectivity index (χ1n) is 5.00. The van der Waals surface area contributed by atoms with E-state index in [4.69, 9.17) is 0 Å². The van der Waals surface area contributed by atoms with Crippen LogP contribution in [0.4, 0.5) is 5.69 Å². The highest BCUT2D eigenvalue weighted by atomic mass is 16.6. The zero-order valence-electron chi connectivity index (χ0n) is 9.41. The van der Waals surface area contributed by atoms with Crippen LogP contribution in [0.15, 0.2) is 30.6 Å². The fourth-order valence-corrected chi connectivity index (χ4v) is 1.54. The number of hydrogen-bond donors (Lipinski definition) is 1. The van der Waals surface area contributed by atoms with E-state index in [1.807, 2.05) is 0 Å². The summed E-state index contributed by atoms with van der Waals surface area (Å²) in [7, 11) is 1.22. The van der Waals surface area contributed by atoms with Crippen molar-refractivity contribution in [1.82, 2.24) is 9.97 Å². The van der Waals surface area contributed by atoms with Crippen LogP contribution in [0.25, 0.3) is 11.4 Å². The number of benzene rings is 1. The van der Waals surface area contributed by atoms with Gasteiger partial charge in [0.2, 0.25) is 0 Å². The number of aromatic nitrogens is 2. The number of nitro benzene ring substituents is 1. The molecule has 1 N–H and O–H groups in total. The molecule has 0 saturated carbocycles. The second kappa shape index (κ2) is 4.66. The number of carbonyl (C=O) groups is 1. The summed E-state index contributed by atoms with van der Waals surface area (Å²) in [5.41, 5.74) is 0.241. The molecule has 1 heterocycles. The third-order valence-electron chi connectivity index (χ3n) is 2.37. The summed E-state index contributed by atoms with van der Waals surface area (Å²) in [5.74, 6) is -0.248. The maximum atomic E-state index is 11.3. The normalized spacial score (nSPS) is 10.1. The lowest BCUT2D eigenvalue weighted by Gasteiger charge is -2.03. The molecule has 0 bridgehead atoms. The number of carbonyl (C=O) groups excluding carboxylic acids is 1. The number of nitro groups is 1. The van der Waals surface area contributed by atoms with Gasteiger partial charge in [-0.05, 0) is 12.1 Å². The average molecular weight is 247 g/mol. The van der Waals surface area contributed by atoms with Crippen LogP contribution < -0.4 is 0 Å². The lowest BCUT2D eigenvalue weighted by atomic mass is 10.1. The van der Waals surface area contributed by atoms with Crippen LogP contribution in [0.3, 0.4) is 0 Å². The van der Waals surface area contributed by atoms with Crippen molar-refractivity contribution in [2.75, 3.05) is 7.11 Å². The molecule has 18 heavy (non-hydrogen) atoms. The first-order valence-corrected chi connectivity index (χ1v) is 5.00. The largest absolute Gasteiger partial charge is 0.465 e. The van der Waals surface area contributed by atoms with Gasteiger partial charge in [-0.25, -0.2) is 9.78 Å². The van der Waals surface area contributed by atoms with E-state index in [1.54, 1.807) is 6.20 Å². The van der Waals surface area contributed by atoms with E-state index in [-0.39, 0.29) is 11.3 Å². The number of H-pyrrole nitrogens is 1. The maximum Gasteiger partial charge on any atom is 0.338 e. The Balaban J connectivity index is 2.55. The molecule has 92 valence electrons. The van der Waals surface area contributed by atoms with Gasteiger partial charge in [-0.15, -0.1) is 0 Å². The molecule has 0 radical (unpaired) electrons. The van der Waals surface area contributed by atoms with E-state index in [0.717, 1.165) is 0 Å². The lowest BCUT2D eigenvalue weighted by molar-refractivity contribution is -0.384. The van der Waals surface area contributed by atoms with E-state index >= 15 is 0 Å². The Hall–Kier alpha value is -2.70. The Morgan fingerprint density at radius 2 is 2.28 bits per heavy atom. The topological polar surface area (TPSA) is 98.1 Å². The van der Waals surface area contributed by atoms with Crippen LogP contribution in [0, 0.1) is 10.1 Å². The number of aromatic amines is 1. The second-order valence-electron chi connectivity index (χ2n) is 3.42. The third-order valence-corrected chi connectivity index (χ3v) is 2.37. The minimum atomic E-state index is -0.621. The van der Waals surface area contributed by atoms with Crippen LogP contribution >= 0.6 is 0 Å². The Kier molecular flexibility index (Phi) is 3.05. The summed E-state index contributed by atoms with van der Waals surface area (Å²) in [6.45, 7) is 0. The average Bonchev–Trinajstić information content (AvgIpc) is 2.90. The van der Waals surface area contributed by atoms with Gasteiger partial charge < -0.3 is 9.72 Å². The van der Waals surface area contributed by atoms with Crippen molar-refractivity contribution >= 4 is 11.7 Å². The lowest BCUT2D eigenvalue weighted by Crippen LogP contribution is -2.03. The number of hydrogen-bond acceptors (Lipinski definition) is 5. The number of nitrogens with zero attached hydrogens (tertiary/aromatic N) is 2. The maximum absolute atomic E-state index is 11.3. The van der Waals surface area contributed by atoms with Crippen LogP contribution in [0.5, 0.6) is 0 Å². The van der Waals surface area contributed by atoms with E-state index in [9.17, 15) is 14.9 Å². The predicted octanol–water partition coefficient (Wildman–Crippen LogP) is 1.77. The zero-order valence-corrected chi connectivity index (χ0v) is 9.41. The Morgan fingerprint density at radius 1 is 1.50 bits per heavy atom. The number of imidazole rings is 1. The first kappa shape index (κ1) is 11.8. The van der Waals surface area contributed by atoms with Crippen molar-refractivity contribution in [1.29, 1.82) is 0 Å². The molecule has 0 fully saturated rings. The number of nitrogens with one attached hydrogen (secondary N) is 1. The van der Waals surface area contributed by atoms with Crippen molar-refractivity contribution in [2.45, 2.75) is 0 Å². The van der Waals surface area contributed by atoms with E-state index in [0.29, 0.717) is 11.4 Å². The second-order valence-corrected chi connectivity index (χ2v) is 3.42. The van der Waals surface area contributed by atoms with Gasteiger partial charge in [0.15, 0.2) is 0 Å². The highest BCUT2D eigenvalue weighted by molar-refractivity contribution is 5.91. The molecule has 1 aromatic carbocycles. The van der Waals surface area contributed by atoms with Gasteiger partial charge in [0.25, 0.3) is 5.69 Å². The molecule has 2 rings (SSSR count). The molecule has 7 heteroatoms. The van der Waals surface area contributed by atoms with Crippen molar-refractivity contribution in [3.05, 3.63) is 46.3 Å². The van der Waals surface area contributed by atoms with Crippen molar-refractivity contribution in [2.24, 2.45) is 0 Å². The third kappa shape index (κ3) is 2.05. The Labute approximate surface area is 102 Å². The minimum Gasteiger partial charge on any atom is -0.465 e. The summed E-state index contributed by atoms with van der Waals surface area (Å²) >= 11 is 0. The Bertz CT molecular complexity index is 592. The molecule has 7 nitrogen and oxygen atoms in total. The Morgan fingerprint density at radius 3 is 2.83 bits per heavy atom. The van der Waals surface area contributed by atoms with Crippen molar-refractivity contribution in [3.8, 4) is 11.4 Å². The molecule has 0 aliphatic carbocycles. The number of rotatable bonds is 3. The zero-order chi connectivity index (χ0) is 13.1. The number of methoxy groups -OCH3 is 1. The molecule has 0 atom stereocenters. The summed E-state index contributed by atoms with van der Waals surface area (Å²) in [6, 6.07) is 4.09. The van der Waals surface area contributed by atoms with Crippen LogP contribution in [-0.2, 0) is 4.74 Å². The quantitative estimate of drug-likeness (QED) is 0.506. The van der Waals surface area contributed by atoms with Gasteiger partial charge in [-0.3, -0.25) is 10.1 Å². The van der Waals surface area contributed by atoms with E-state index < -0.39 is 10.9 Å². The van der Waals surface area contributed by atoms with E-state index in [2.05, 4.69) is 14.7 Å².